The second-order valence-electron chi connectivity index (χ2n) is 6.58. The molecule has 1 fully saturated rings. The lowest BCUT2D eigenvalue weighted by atomic mass is 10.1. The van der Waals surface area contributed by atoms with Crippen molar-refractivity contribution in [2.24, 2.45) is 5.92 Å². The summed E-state index contributed by atoms with van der Waals surface area (Å²) in [5.41, 5.74) is 2.94. The lowest BCUT2D eigenvalue weighted by molar-refractivity contribution is -0.384. The van der Waals surface area contributed by atoms with Crippen molar-refractivity contribution in [1.82, 2.24) is 0 Å². The Morgan fingerprint density at radius 1 is 1.22 bits per heavy atom. The van der Waals surface area contributed by atoms with E-state index in [9.17, 15) is 19.7 Å². The number of carbonyl (C=O) groups is 2. The molecule has 0 spiro atoms. The number of amides is 2. The van der Waals surface area contributed by atoms with Gasteiger partial charge in [-0.3, -0.25) is 19.7 Å². The van der Waals surface area contributed by atoms with Crippen molar-refractivity contribution in [3.05, 3.63) is 62.7 Å². The number of carbonyl (C=O) groups excluding carboxylic acids is 2. The van der Waals surface area contributed by atoms with Crippen LogP contribution >= 0.6 is 11.6 Å². The molecular formula is C19H18ClN3O4. The van der Waals surface area contributed by atoms with Crippen molar-refractivity contribution in [2.45, 2.75) is 20.3 Å². The smallest absolute Gasteiger partial charge is 0.271 e. The number of benzene rings is 2. The molecule has 0 bridgehead atoms. The normalized spacial score (nSPS) is 16.5. The minimum Gasteiger partial charge on any atom is -0.324 e. The van der Waals surface area contributed by atoms with Crippen molar-refractivity contribution >= 4 is 40.5 Å². The number of halogens is 1. The third-order valence-corrected chi connectivity index (χ3v) is 5.05. The Morgan fingerprint density at radius 2 is 1.96 bits per heavy atom. The molecule has 0 saturated carbocycles. The van der Waals surface area contributed by atoms with Gasteiger partial charge in [-0.2, -0.15) is 0 Å². The first-order valence-electron chi connectivity index (χ1n) is 8.38. The standard InChI is InChI=1S/C19H18ClN3O4/c1-11-3-4-14(7-12(11)2)22-10-13(8-18(22)24)19(25)21-17-9-15(23(26)27)5-6-16(17)20/h3-7,9,13H,8,10H2,1-2H3,(H,21,25)/t13-/m1/s1. The SMILES string of the molecule is Cc1ccc(N2C[C@H](C(=O)Nc3cc([N+](=O)[O-])ccc3Cl)CC2=O)cc1C. The molecule has 1 heterocycles. The molecule has 2 aromatic rings. The molecule has 1 saturated heterocycles. The number of aryl methyl sites for hydroxylation is 2. The van der Waals surface area contributed by atoms with E-state index in [1.165, 1.54) is 18.2 Å². The summed E-state index contributed by atoms with van der Waals surface area (Å²) in [6, 6.07) is 9.55. The topological polar surface area (TPSA) is 92.6 Å². The number of nitro groups is 1. The summed E-state index contributed by atoms with van der Waals surface area (Å²) in [6.45, 7) is 4.21. The van der Waals surface area contributed by atoms with Gasteiger partial charge in [0.2, 0.25) is 11.8 Å². The minimum absolute atomic E-state index is 0.0747. The highest BCUT2D eigenvalue weighted by atomic mass is 35.5. The molecule has 1 aliphatic heterocycles. The Kier molecular flexibility index (Phi) is 5.14. The Hall–Kier alpha value is -2.93. The fourth-order valence-electron chi connectivity index (χ4n) is 2.98. The lowest BCUT2D eigenvalue weighted by Gasteiger charge is -2.18. The van der Waals surface area contributed by atoms with E-state index >= 15 is 0 Å². The summed E-state index contributed by atoms with van der Waals surface area (Å²) in [5.74, 6) is -1.09. The number of nitro benzene ring substituents is 1. The summed E-state index contributed by atoms with van der Waals surface area (Å²) in [5, 5.41) is 13.7. The number of nitrogens with zero attached hydrogens (tertiary/aromatic N) is 2. The summed E-state index contributed by atoms with van der Waals surface area (Å²) < 4.78 is 0. The molecule has 2 amide bonds. The van der Waals surface area contributed by atoms with Crippen molar-refractivity contribution in [1.29, 1.82) is 0 Å². The molecule has 7 nitrogen and oxygen atoms in total. The van der Waals surface area contributed by atoms with Gasteiger partial charge in [0.15, 0.2) is 0 Å². The highest BCUT2D eigenvalue weighted by Crippen LogP contribution is 2.30. The van der Waals surface area contributed by atoms with Crippen molar-refractivity contribution < 1.29 is 14.5 Å². The van der Waals surface area contributed by atoms with E-state index in [0.717, 1.165) is 16.8 Å². The first-order chi connectivity index (χ1) is 12.8. The fourth-order valence-corrected chi connectivity index (χ4v) is 3.15. The van der Waals surface area contributed by atoms with Crippen LogP contribution in [-0.2, 0) is 9.59 Å². The molecule has 8 heteroatoms. The zero-order chi connectivity index (χ0) is 19.7. The maximum atomic E-state index is 12.6. The lowest BCUT2D eigenvalue weighted by Crippen LogP contribution is -2.28. The van der Waals surface area contributed by atoms with Crippen LogP contribution in [0.25, 0.3) is 0 Å². The van der Waals surface area contributed by atoms with Crippen LogP contribution in [0.3, 0.4) is 0 Å². The second-order valence-corrected chi connectivity index (χ2v) is 6.99. The summed E-state index contributed by atoms with van der Waals surface area (Å²) in [7, 11) is 0. The minimum atomic E-state index is -0.563. The molecule has 140 valence electrons. The van der Waals surface area contributed by atoms with Gasteiger partial charge >= 0.3 is 0 Å². The van der Waals surface area contributed by atoms with Crippen LogP contribution in [0.2, 0.25) is 5.02 Å². The van der Waals surface area contributed by atoms with Crippen molar-refractivity contribution in [3.8, 4) is 0 Å². The number of anilines is 2. The number of hydrogen-bond acceptors (Lipinski definition) is 4. The van der Waals surface area contributed by atoms with Crippen molar-refractivity contribution in [3.63, 3.8) is 0 Å². The van der Waals surface area contributed by atoms with Gasteiger partial charge in [0.25, 0.3) is 5.69 Å². The van der Waals surface area contributed by atoms with E-state index in [-0.39, 0.29) is 35.3 Å². The van der Waals surface area contributed by atoms with Gasteiger partial charge in [0, 0.05) is 30.8 Å². The van der Waals surface area contributed by atoms with E-state index in [4.69, 9.17) is 11.6 Å². The van der Waals surface area contributed by atoms with Gasteiger partial charge in [-0.05, 0) is 43.2 Å². The number of hydrogen-bond donors (Lipinski definition) is 1. The number of rotatable bonds is 4. The first kappa shape index (κ1) is 18.8. The average Bonchev–Trinajstić information content (AvgIpc) is 3.01. The van der Waals surface area contributed by atoms with Gasteiger partial charge in [-0.25, -0.2) is 0 Å². The van der Waals surface area contributed by atoms with Gasteiger partial charge in [-0.1, -0.05) is 17.7 Å². The Bertz CT molecular complexity index is 945. The Morgan fingerprint density at radius 3 is 2.63 bits per heavy atom. The van der Waals surface area contributed by atoms with Gasteiger partial charge in [0.1, 0.15) is 0 Å². The van der Waals surface area contributed by atoms with E-state index in [1.54, 1.807) is 4.90 Å². The molecule has 0 radical (unpaired) electrons. The predicted octanol–water partition coefficient (Wildman–Crippen LogP) is 3.86. The van der Waals surface area contributed by atoms with Gasteiger partial charge in [0.05, 0.1) is 21.6 Å². The number of non-ortho nitro benzene ring substituents is 1. The maximum absolute atomic E-state index is 12.6. The molecule has 27 heavy (non-hydrogen) atoms. The van der Waals surface area contributed by atoms with E-state index in [2.05, 4.69) is 5.32 Å². The third-order valence-electron chi connectivity index (χ3n) is 4.72. The van der Waals surface area contributed by atoms with Crippen molar-refractivity contribution in [2.75, 3.05) is 16.8 Å². The van der Waals surface area contributed by atoms with Crippen LogP contribution in [0.15, 0.2) is 36.4 Å². The Labute approximate surface area is 161 Å². The van der Waals surface area contributed by atoms with E-state index in [0.29, 0.717) is 0 Å². The van der Waals surface area contributed by atoms with Gasteiger partial charge in [-0.15, -0.1) is 0 Å². The summed E-state index contributed by atoms with van der Waals surface area (Å²) in [6.07, 6.45) is 0.0747. The molecule has 3 rings (SSSR count). The third kappa shape index (κ3) is 3.93. The van der Waals surface area contributed by atoms with E-state index < -0.39 is 16.7 Å². The largest absolute Gasteiger partial charge is 0.324 e. The maximum Gasteiger partial charge on any atom is 0.271 e. The zero-order valence-corrected chi connectivity index (χ0v) is 15.6. The van der Waals surface area contributed by atoms with Crippen LogP contribution in [-0.4, -0.2) is 23.3 Å². The van der Waals surface area contributed by atoms with Gasteiger partial charge < -0.3 is 10.2 Å². The summed E-state index contributed by atoms with van der Waals surface area (Å²) >= 11 is 6.02. The Balaban J connectivity index is 1.75. The second kappa shape index (κ2) is 7.36. The quantitative estimate of drug-likeness (QED) is 0.636. The zero-order valence-electron chi connectivity index (χ0n) is 14.9. The molecule has 0 aliphatic carbocycles. The highest BCUT2D eigenvalue weighted by Gasteiger charge is 2.35. The average molecular weight is 388 g/mol. The monoisotopic (exact) mass is 387 g/mol. The fraction of sp³-hybridized carbons (Fsp3) is 0.263. The molecule has 1 aliphatic rings. The molecule has 0 unspecified atom stereocenters. The molecule has 0 aromatic heterocycles. The molecular weight excluding hydrogens is 370 g/mol. The van der Waals surface area contributed by atoms with Crippen LogP contribution in [0.1, 0.15) is 17.5 Å². The molecule has 2 aromatic carbocycles. The molecule has 1 atom stereocenters. The predicted molar refractivity (Wildman–Crippen MR) is 103 cm³/mol. The summed E-state index contributed by atoms with van der Waals surface area (Å²) in [4.78, 5) is 36.9. The molecule has 1 N–H and O–H groups in total. The first-order valence-corrected chi connectivity index (χ1v) is 8.76. The number of nitrogens with one attached hydrogen (secondary N) is 1. The van der Waals surface area contributed by atoms with Crippen LogP contribution in [0.5, 0.6) is 0 Å². The van der Waals surface area contributed by atoms with E-state index in [1.807, 2.05) is 32.0 Å². The van der Waals surface area contributed by atoms with Crippen LogP contribution < -0.4 is 10.2 Å². The van der Waals surface area contributed by atoms with Crippen LogP contribution in [0.4, 0.5) is 17.1 Å². The van der Waals surface area contributed by atoms with Crippen LogP contribution in [0, 0.1) is 29.9 Å². The highest BCUT2D eigenvalue weighted by molar-refractivity contribution is 6.33.